The van der Waals surface area contributed by atoms with Gasteiger partial charge >= 0.3 is 0 Å². The van der Waals surface area contributed by atoms with E-state index in [1.165, 1.54) is 10.5 Å². The summed E-state index contributed by atoms with van der Waals surface area (Å²) >= 11 is 1.68. The molecule has 0 aliphatic carbocycles. The Morgan fingerprint density at radius 2 is 1.89 bits per heavy atom. The highest BCUT2D eigenvalue weighted by Gasteiger charge is 2.51. The van der Waals surface area contributed by atoms with Gasteiger partial charge in [-0.15, -0.1) is 11.3 Å². The van der Waals surface area contributed by atoms with E-state index in [1.807, 2.05) is 48.0 Å². The van der Waals surface area contributed by atoms with Gasteiger partial charge in [-0.1, -0.05) is 12.1 Å². The first-order valence-electron chi connectivity index (χ1n) is 15.6. The molecule has 2 saturated heterocycles. The number of carbonyl (C=O) groups excluding carboxylic acids is 2. The van der Waals surface area contributed by atoms with Crippen molar-refractivity contribution in [3.8, 4) is 10.7 Å². The SMILES string of the molecule is Cc1ccc(C(=N)c2cc(N3CC[C@]4(CCN(CC(=O)N5CC=C(c6ccc(-c7ncn(C)n7)s6)CC5)C4)C3=O)ccc2N)nc1. The molecule has 7 rings (SSSR count). The lowest BCUT2D eigenvalue weighted by Crippen LogP contribution is -2.43. The van der Waals surface area contributed by atoms with Crippen LogP contribution in [0.5, 0.6) is 0 Å². The van der Waals surface area contributed by atoms with E-state index in [2.05, 4.69) is 38.2 Å². The molecule has 0 bridgehead atoms. The maximum atomic E-state index is 13.9. The molecule has 0 unspecified atom stereocenters. The summed E-state index contributed by atoms with van der Waals surface area (Å²) in [5, 5.41) is 13.1. The van der Waals surface area contributed by atoms with Crippen LogP contribution in [0.4, 0.5) is 11.4 Å². The molecule has 46 heavy (non-hydrogen) atoms. The Bertz CT molecular complexity index is 1860. The summed E-state index contributed by atoms with van der Waals surface area (Å²) < 4.78 is 1.70. The molecule has 2 fully saturated rings. The Labute approximate surface area is 271 Å². The quantitative estimate of drug-likeness (QED) is 0.231. The van der Waals surface area contributed by atoms with E-state index in [1.54, 1.807) is 34.6 Å². The van der Waals surface area contributed by atoms with E-state index in [0.717, 1.165) is 47.8 Å². The van der Waals surface area contributed by atoms with E-state index in [0.29, 0.717) is 49.7 Å². The van der Waals surface area contributed by atoms with Crippen LogP contribution in [0.1, 0.15) is 41.0 Å². The minimum absolute atomic E-state index is 0.0833. The summed E-state index contributed by atoms with van der Waals surface area (Å²) in [6, 6.07) is 13.4. The second-order valence-corrected chi connectivity index (χ2v) is 13.6. The van der Waals surface area contributed by atoms with Crippen LogP contribution in [0.15, 0.2) is 61.1 Å². The number of nitrogens with one attached hydrogen (secondary N) is 1. The van der Waals surface area contributed by atoms with Crippen LogP contribution in [0.3, 0.4) is 0 Å². The van der Waals surface area contributed by atoms with Crippen LogP contribution in [-0.4, -0.2) is 86.3 Å². The summed E-state index contributed by atoms with van der Waals surface area (Å²) in [7, 11) is 1.86. The van der Waals surface area contributed by atoms with Gasteiger partial charge in [0.05, 0.1) is 28.2 Å². The number of likely N-dealkylation sites (tertiary alicyclic amines) is 1. The molecule has 3 N–H and O–H groups in total. The zero-order valence-electron chi connectivity index (χ0n) is 26.1. The number of amides is 2. The van der Waals surface area contributed by atoms with E-state index in [4.69, 9.17) is 11.1 Å². The summed E-state index contributed by atoms with van der Waals surface area (Å²) in [6.45, 7) is 5.43. The van der Waals surface area contributed by atoms with Gasteiger partial charge in [0, 0.05) is 61.2 Å². The molecule has 11 nitrogen and oxygen atoms in total. The summed E-state index contributed by atoms with van der Waals surface area (Å²) in [5.41, 5.74) is 10.6. The van der Waals surface area contributed by atoms with Gasteiger partial charge in [0.2, 0.25) is 11.8 Å². The van der Waals surface area contributed by atoms with Crippen LogP contribution in [0.25, 0.3) is 16.3 Å². The van der Waals surface area contributed by atoms with Gasteiger partial charge in [-0.05, 0) is 80.3 Å². The Balaban J connectivity index is 0.966. The number of hydrogen-bond donors (Lipinski definition) is 2. The second kappa shape index (κ2) is 11.9. The first-order valence-corrected chi connectivity index (χ1v) is 16.4. The van der Waals surface area contributed by atoms with E-state index >= 15 is 0 Å². The number of carbonyl (C=O) groups is 2. The molecule has 0 saturated carbocycles. The zero-order chi connectivity index (χ0) is 32.0. The normalized spacial score (nSPS) is 20.1. The van der Waals surface area contributed by atoms with E-state index < -0.39 is 5.41 Å². The lowest BCUT2D eigenvalue weighted by molar-refractivity contribution is -0.132. The highest BCUT2D eigenvalue weighted by Crippen LogP contribution is 2.43. The number of aromatic nitrogens is 4. The number of benzene rings is 1. The largest absolute Gasteiger partial charge is 0.398 e. The monoisotopic (exact) mass is 635 g/mol. The highest BCUT2D eigenvalue weighted by atomic mass is 32.1. The van der Waals surface area contributed by atoms with E-state index in [9.17, 15) is 9.59 Å². The molecule has 3 aromatic heterocycles. The lowest BCUT2D eigenvalue weighted by Gasteiger charge is -2.29. The summed E-state index contributed by atoms with van der Waals surface area (Å²) in [6.07, 6.45) is 7.86. The molecule has 6 heterocycles. The van der Waals surface area contributed by atoms with Crippen molar-refractivity contribution < 1.29 is 9.59 Å². The van der Waals surface area contributed by atoms with Crippen molar-refractivity contribution in [2.75, 3.05) is 49.9 Å². The Kier molecular flexibility index (Phi) is 7.77. The van der Waals surface area contributed by atoms with Crippen LogP contribution < -0.4 is 10.6 Å². The first kappa shape index (κ1) is 30.0. The van der Waals surface area contributed by atoms with Crippen molar-refractivity contribution in [2.24, 2.45) is 12.5 Å². The number of nitrogens with zero attached hydrogens (tertiary/aromatic N) is 7. The van der Waals surface area contributed by atoms with Gasteiger partial charge in [0.15, 0.2) is 5.82 Å². The van der Waals surface area contributed by atoms with Crippen molar-refractivity contribution in [2.45, 2.75) is 26.2 Å². The van der Waals surface area contributed by atoms with Crippen LogP contribution in [0.2, 0.25) is 0 Å². The van der Waals surface area contributed by atoms with Gasteiger partial charge in [-0.2, -0.15) is 5.10 Å². The van der Waals surface area contributed by atoms with Crippen LogP contribution in [-0.2, 0) is 16.6 Å². The summed E-state index contributed by atoms with van der Waals surface area (Å²) in [5.74, 6) is 0.916. The fourth-order valence-corrected chi connectivity index (χ4v) is 7.73. The molecular formula is C34H37N9O2S. The smallest absolute Gasteiger partial charge is 0.237 e. The Hall–Kier alpha value is -4.68. The molecule has 1 spiro atoms. The van der Waals surface area contributed by atoms with Gasteiger partial charge in [0.25, 0.3) is 0 Å². The number of nitrogens with two attached hydrogens (primary N) is 1. The van der Waals surface area contributed by atoms with Crippen LogP contribution >= 0.6 is 11.3 Å². The molecule has 236 valence electrons. The van der Waals surface area contributed by atoms with Crippen molar-refractivity contribution in [3.05, 3.63) is 82.8 Å². The molecule has 3 aliphatic rings. The second-order valence-electron chi connectivity index (χ2n) is 12.5. The minimum atomic E-state index is -0.498. The molecule has 3 aliphatic heterocycles. The Morgan fingerprint density at radius 1 is 1.07 bits per heavy atom. The van der Waals surface area contributed by atoms with Crippen molar-refractivity contribution in [1.82, 2.24) is 29.5 Å². The summed E-state index contributed by atoms with van der Waals surface area (Å²) in [4.78, 5) is 44.1. The zero-order valence-corrected chi connectivity index (χ0v) is 26.9. The van der Waals surface area contributed by atoms with Gasteiger partial charge in [-0.25, -0.2) is 4.98 Å². The number of thiophene rings is 1. The van der Waals surface area contributed by atoms with Crippen molar-refractivity contribution in [1.29, 1.82) is 5.41 Å². The van der Waals surface area contributed by atoms with Crippen molar-refractivity contribution >= 4 is 45.8 Å². The third kappa shape index (κ3) is 5.62. The Morgan fingerprint density at radius 3 is 2.63 bits per heavy atom. The molecule has 1 atom stereocenters. The number of hydrogen-bond acceptors (Lipinski definition) is 9. The predicted molar refractivity (Wildman–Crippen MR) is 180 cm³/mol. The number of anilines is 2. The number of nitrogen functional groups attached to an aromatic ring is 1. The average Bonchev–Trinajstić information content (AvgIpc) is 3.87. The number of pyridine rings is 1. The van der Waals surface area contributed by atoms with Gasteiger partial charge < -0.3 is 15.5 Å². The predicted octanol–water partition coefficient (Wildman–Crippen LogP) is 3.99. The fraction of sp³-hybridized carbons (Fsp3) is 0.353. The van der Waals surface area contributed by atoms with E-state index in [-0.39, 0.29) is 17.5 Å². The third-order valence-corrected chi connectivity index (χ3v) is 10.6. The fourth-order valence-electron chi connectivity index (χ4n) is 6.71. The molecule has 0 radical (unpaired) electrons. The number of rotatable bonds is 7. The molecule has 4 aromatic rings. The number of aryl methyl sites for hydroxylation is 2. The topological polar surface area (TPSA) is 137 Å². The van der Waals surface area contributed by atoms with Gasteiger partial charge in [0.1, 0.15) is 6.33 Å². The van der Waals surface area contributed by atoms with Crippen LogP contribution in [0, 0.1) is 17.7 Å². The molecule has 12 heteroatoms. The maximum Gasteiger partial charge on any atom is 0.237 e. The third-order valence-electron chi connectivity index (χ3n) is 9.39. The van der Waals surface area contributed by atoms with Crippen molar-refractivity contribution in [3.63, 3.8) is 0 Å². The molecular weight excluding hydrogens is 599 g/mol. The molecule has 1 aromatic carbocycles. The average molecular weight is 636 g/mol. The van der Waals surface area contributed by atoms with Gasteiger partial charge in [-0.3, -0.25) is 29.6 Å². The lowest BCUT2D eigenvalue weighted by atomic mass is 9.85. The minimum Gasteiger partial charge on any atom is -0.398 e. The first-order chi connectivity index (χ1) is 22.2. The standard InChI is InChI=1S/C34H37N9O2S/c1-22-3-6-27(37-18-22)31(36)25-17-24(4-5-26(25)35)43-16-12-34(33(43)45)11-15-41(20-34)19-30(44)42-13-9-23(10-14-42)28-7-8-29(46-28)32-38-21-40(2)39-32/h3-9,17-18,21,36H,10-16,19-20,35H2,1-2H3/t34-/m0/s1. The maximum absolute atomic E-state index is 13.9. The molecule has 2 amide bonds. The highest BCUT2D eigenvalue weighted by molar-refractivity contribution is 7.16.